The average Bonchev–Trinajstić information content (AvgIpc) is 2.97. The van der Waals surface area contributed by atoms with Crippen molar-refractivity contribution in [2.45, 2.75) is 60.3 Å². The molecule has 1 unspecified atom stereocenters. The maximum atomic E-state index is 2.50. The number of hydrogen-bond donors (Lipinski definition) is 0. The van der Waals surface area contributed by atoms with Gasteiger partial charge >= 0.3 is 0 Å². The molecule has 2 aromatic carbocycles. The van der Waals surface area contributed by atoms with Crippen LogP contribution < -0.4 is 0 Å². The second-order valence-electron chi connectivity index (χ2n) is 7.50. The van der Waals surface area contributed by atoms with Crippen molar-refractivity contribution in [1.82, 2.24) is 0 Å². The van der Waals surface area contributed by atoms with Crippen LogP contribution in [0.2, 0.25) is 0 Å². The molecule has 2 aromatic rings. The number of hydrogen-bond acceptors (Lipinski definition) is 0. The number of benzene rings is 2. The molecule has 0 radical (unpaired) electrons. The third-order valence-electron chi connectivity index (χ3n) is 5.42. The Morgan fingerprint density at radius 3 is 2.33 bits per heavy atom. The van der Waals surface area contributed by atoms with Gasteiger partial charge in [-0.05, 0) is 66.8 Å². The van der Waals surface area contributed by atoms with Gasteiger partial charge in [-0.2, -0.15) is 0 Å². The summed E-state index contributed by atoms with van der Waals surface area (Å²) in [6.07, 6.45) is 7.20. The van der Waals surface area contributed by atoms with Crippen molar-refractivity contribution in [3.8, 4) is 11.1 Å². The van der Waals surface area contributed by atoms with Gasteiger partial charge in [-0.15, -0.1) is 0 Å². The van der Waals surface area contributed by atoms with Crippen molar-refractivity contribution in [2.75, 3.05) is 0 Å². The summed E-state index contributed by atoms with van der Waals surface area (Å²) in [6.45, 7) is 11.3. The van der Waals surface area contributed by atoms with E-state index in [0.717, 1.165) is 12.8 Å². The van der Waals surface area contributed by atoms with Crippen LogP contribution in [0.3, 0.4) is 0 Å². The lowest BCUT2D eigenvalue weighted by atomic mass is 9.89. The lowest BCUT2D eigenvalue weighted by Crippen LogP contribution is -1.98. The van der Waals surface area contributed by atoms with Crippen molar-refractivity contribution in [1.29, 1.82) is 0 Å². The van der Waals surface area contributed by atoms with Gasteiger partial charge in [-0.25, -0.2) is 0 Å². The molecule has 0 fully saturated rings. The SMILES string of the molecule is CCCc1ccc2c(c1-c1cc(C)cc(C)c1)C=C(C(C)CC)C2. The van der Waals surface area contributed by atoms with E-state index in [0.29, 0.717) is 5.92 Å². The van der Waals surface area contributed by atoms with Crippen molar-refractivity contribution >= 4 is 6.08 Å². The largest absolute Gasteiger partial charge is 0.0651 e. The molecule has 0 amide bonds. The fourth-order valence-electron chi connectivity index (χ4n) is 4.00. The summed E-state index contributed by atoms with van der Waals surface area (Å²) < 4.78 is 0. The Hall–Kier alpha value is -1.82. The number of rotatable bonds is 5. The van der Waals surface area contributed by atoms with Gasteiger partial charge in [0.2, 0.25) is 0 Å². The molecule has 0 heteroatoms. The van der Waals surface area contributed by atoms with Crippen LogP contribution >= 0.6 is 0 Å². The van der Waals surface area contributed by atoms with E-state index in [-0.39, 0.29) is 0 Å². The van der Waals surface area contributed by atoms with E-state index in [1.165, 1.54) is 51.8 Å². The van der Waals surface area contributed by atoms with E-state index in [9.17, 15) is 0 Å². The standard InChI is InChI=1S/C24H30/c1-6-8-19-9-10-20-14-21(18(5)7-2)15-23(20)24(19)22-12-16(3)11-17(4)13-22/h9-13,15,18H,6-8,14H2,1-5H3. The fourth-order valence-corrected chi connectivity index (χ4v) is 4.00. The Kier molecular flexibility index (Phi) is 4.94. The summed E-state index contributed by atoms with van der Waals surface area (Å²) in [5.41, 5.74) is 11.7. The Morgan fingerprint density at radius 1 is 1.00 bits per heavy atom. The first kappa shape index (κ1) is 17.0. The molecule has 3 rings (SSSR count). The van der Waals surface area contributed by atoms with Crippen molar-refractivity contribution < 1.29 is 0 Å². The van der Waals surface area contributed by atoms with Gasteiger partial charge in [0.1, 0.15) is 0 Å². The zero-order valence-corrected chi connectivity index (χ0v) is 15.9. The first-order valence-corrected chi connectivity index (χ1v) is 9.47. The van der Waals surface area contributed by atoms with Crippen LogP contribution in [0.4, 0.5) is 0 Å². The molecule has 126 valence electrons. The van der Waals surface area contributed by atoms with Crippen LogP contribution in [-0.2, 0) is 12.8 Å². The second kappa shape index (κ2) is 6.97. The van der Waals surface area contributed by atoms with E-state index in [4.69, 9.17) is 0 Å². The van der Waals surface area contributed by atoms with Crippen molar-refractivity contribution in [3.05, 3.63) is 63.7 Å². The Balaban J connectivity index is 2.20. The summed E-state index contributed by atoms with van der Waals surface area (Å²) in [7, 11) is 0. The normalized spacial score (nSPS) is 14.5. The quantitative estimate of drug-likeness (QED) is 0.562. The average molecular weight is 319 g/mol. The second-order valence-corrected chi connectivity index (χ2v) is 7.50. The summed E-state index contributed by atoms with van der Waals surface area (Å²) in [4.78, 5) is 0. The highest BCUT2D eigenvalue weighted by Crippen LogP contribution is 2.40. The van der Waals surface area contributed by atoms with Crippen molar-refractivity contribution in [2.24, 2.45) is 5.92 Å². The molecule has 0 saturated carbocycles. The highest BCUT2D eigenvalue weighted by molar-refractivity contribution is 5.83. The van der Waals surface area contributed by atoms with Gasteiger partial charge in [0.15, 0.2) is 0 Å². The minimum atomic E-state index is 0.680. The van der Waals surface area contributed by atoms with Crippen LogP contribution in [0, 0.1) is 19.8 Å². The Bertz CT molecular complexity index is 757. The third-order valence-corrected chi connectivity index (χ3v) is 5.42. The van der Waals surface area contributed by atoms with Gasteiger partial charge < -0.3 is 0 Å². The zero-order valence-electron chi connectivity index (χ0n) is 15.9. The molecule has 0 nitrogen and oxygen atoms in total. The lowest BCUT2D eigenvalue weighted by Gasteiger charge is -2.15. The van der Waals surface area contributed by atoms with E-state index < -0.39 is 0 Å². The molecule has 0 aromatic heterocycles. The van der Waals surface area contributed by atoms with Gasteiger partial charge in [0.05, 0.1) is 0 Å². The molecule has 1 aliphatic carbocycles. The number of aryl methyl sites for hydroxylation is 3. The predicted molar refractivity (Wildman–Crippen MR) is 106 cm³/mol. The molecule has 1 aliphatic rings. The molecule has 0 aliphatic heterocycles. The molecule has 0 spiro atoms. The van der Waals surface area contributed by atoms with Gasteiger partial charge in [-0.1, -0.05) is 80.3 Å². The molecular weight excluding hydrogens is 288 g/mol. The van der Waals surface area contributed by atoms with Gasteiger partial charge in [-0.3, -0.25) is 0 Å². The Morgan fingerprint density at radius 2 is 1.71 bits per heavy atom. The van der Waals surface area contributed by atoms with E-state index in [1.807, 2.05) is 0 Å². The smallest absolute Gasteiger partial charge is 0.00549 e. The van der Waals surface area contributed by atoms with Crippen molar-refractivity contribution in [3.63, 3.8) is 0 Å². The van der Waals surface area contributed by atoms with Gasteiger partial charge in [0.25, 0.3) is 0 Å². The van der Waals surface area contributed by atoms with Crippen LogP contribution in [0.5, 0.6) is 0 Å². The van der Waals surface area contributed by atoms with Crippen LogP contribution in [0.1, 0.15) is 61.4 Å². The molecule has 0 heterocycles. The fraction of sp³-hybridized carbons (Fsp3) is 0.417. The molecule has 0 N–H and O–H groups in total. The van der Waals surface area contributed by atoms with E-state index in [2.05, 4.69) is 71.0 Å². The molecule has 0 bridgehead atoms. The van der Waals surface area contributed by atoms with E-state index in [1.54, 1.807) is 5.57 Å². The summed E-state index contributed by atoms with van der Waals surface area (Å²) >= 11 is 0. The minimum absolute atomic E-state index is 0.680. The monoisotopic (exact) mass is 318 g/mol. The van der Waals surface area contributed by atoms with Gasteiger partial charge in [0, 0.05) is 0 Å². The first-order chi connectivity index (χ1) is 11.5. The summed E-state index contributed by atoms with van der Waals surface area (Å²) in [5, 5.41) is 0. The lowest BCUT2D eigenvalue weighted by molar-refractivity contribution is 0.647. The predicted octanol–water partition coefficient (Wildman–Crippen LogP) is 6.91. The zero-order chi connectivity index (χ0) is 17.3. The van der Waals surface area contributed by atoms with Crippen LogP contribution in [-0.4, -0.2) is 0 Å². The van der Waals surface area contributed by atoms with E-state index >= 15 is 0 Å². The summed E-state index contributed by atoms with van der Waals surface area (Å²) in [5.74, 6) is 0.680. The van der Waals surface area contributed by atoms with Crippen LogP contribution in [0.25, 0.3) is 17.2 Å². The number of allylic oxidation sites excluding steroid dienone is 1. The highest BCUT2D eigenvalue weighted by atomic mass is 14.3. The number of fused-ring (bicyclic) bond motifs is 1. The molecule has 24 heavy (non-hydrogen) atoms. The Labute approximate surface area is 147 Å². The maximum Gasteiger partial charge on any atom is -0.00549 e. The molecule has 0 saturated heterocycles. The molecular formula is C24H30. The first-order valence-electron chi connectivity index (χ1n) is 9.47. The topological polar surface area (TPSA) is 0 Å². The maximum absolute atomic E-state index is 2.50. The summed E-state index contributed by atoms with van der Waals surface area (Å²) in [6, 6.07) is 11.7. The van der Waals surface area contributed by atoms with Crippen LogP contribution in [0.15, 0.2) is 35.9 Å². The minimum Gasteiger partial charge on any atom is -0.0651 e. The molecule has 1 atom stereocenters. The third kappa shape index (κ3) is 3.20. The highest BCUT2D eigenvalue weighted by Gasteiger charge is 2.21.